The second kappa shape index (κ2) is 6.20. The van der Waals surface area contributed by atoms with Crippen molar-refractivity contribution in [1.82, 2.24) is 9.97 Å². The number of halogens is 2. The van der Waals surface area contributed by atoms with Gasteiger partial charge < -0.3 is 15.6 Å². The number of nitrogens with zero attached hydrogens (tertiary/aromatic N) is 2. The van der Waals surface area contributed by atoms with E-state index >= 15 is 0 Å². The SMILES string of the molecule is CC1(N)CCN(c2cnc3c(-c4cccc(Cl)c4Cl)c[nH]c3c2)CC1. The molecule has 3 heterocycles. The van der Waals surface area contributed by atoms with Crippen LogP contribution in [0.5, 0.6) is 0 Å². The molecule has 6 heteroatoms. The van der Waals surface area contributed by atoms with Gasteiger partial charge in [0.15, 0.2) is 0 Å². The Balaban J connectivity index is 1.69. The lowest BCUT2D eigenvalue weighted by atomic mass is 9.91. The fourth-order valence-electron chi connectivity index (χ4n) is 3.36. The predicted octanol–water partition coefficient (Wildman–Crippen LogP) is 4.85. The Morgan fingerprint density at radius 1 is 1.20 bits per heavy atom. The zero-order chi connectivity index (χ0) is 17.6. The quantitative estimate of drug-likeness (QED) is 0.673. The molecule has 1 saturated heterocycles. The summed E-state index contributed by atoms with van der Waals surface area (Å²) in [5.74, 6) is 0. The van der Waals surface area contributed by atoms with Crippen LogP contribution in [0.1, 0.15) is 19.8 Å². The lowest BCUT2D eigenvalue weighted by molar-refractivity contribution is 0.364. The van der Waals surface area contributed by atoms with Crippen LogP contribution < -0.4 is 10.6 Å². The van der Waals surface area contributed by atoms with E-state index in [0.29, 0.717) is 10.0 Å². The number of fused-ring (bicyclic) bond motifs is 1. The van der Waals surface area contributed by atoms with Gasteiger partial charge >= 0.3 is 0 Å². The molecular weight excluding hydrogens is 355 g/mol. The molecule has 0 bridgehead atoms. The van der Waals surface area contributed by atoms with E-state index in [4.69, 9.17) is 33.9 Å². The molecule has 1 aliphatic heterocycles. The van der Waals surface area contributed by atoms with E-state index in [1.807, 2.05) is 24.5 Å². The molecule has 4 rings (SSSR count). The first kappa shape index (κ1) is 16.7. The molecule has 0 radical (unpaired) electrons. The summed E-state index contributed by atoms with van der Waals surface area (Å²) in [5.41, 5.74) is 11.0. The molecule has 0 spiro atoms. The molecule has 0 saturated carbocycles. The molecular formula is C19H20Cl2N4. The largest absolute Gasteiger partial charge is 0.370 e. The molecule has 130 valence electrons. The fourth-order valence-corrected chi connectivity index (χ4v) is 3.76. The fraction of sp³-hybridized carbons (Fsp3) is 0.316. The van der Waals surface area contributed by atoms with Crippen LogP contribution in [0.15, 0.2) is 36.7 Å². The van der Waals surface area contributed by atoms with E-state index in [1.165, 1.54) is 0 Å². The lowest BCUT2D eigenvalue weighted by Gasteiger charge is -2.37. The van der Waals surface area contributed by atoms with E-state index in [0.717, 1.165) is 53.8 Å². The number of nitrogens with one attached hydrogen (secondary N) is 1. The number of hydrogen-bond donors (Lipinski definition) is 2. The highest BCUT2D eigenvalue weighted by Gasteiger charge is 2.26. The Bertz CT molecular complexity index is 922. The van der Waals surface area contributed by atoms with Crippen molar-refractivity contribution in [3.8, 4) is 11.1 Å². The number of pyridine rings is 1. The number of hydrogen-bond acceptors (Lipinski definition) is 3. The molecule has 25 heavy (non-hydrogen) atoms. The number of benzene rings is 1. The monoisotopic (exact) mass is 374 g/mol. The maximum Gasteiger partial charge on any atom is 0.0959 e. The highest BCUT2D eigenvalue weighted by atomic mass is 35.5. The van der Waals surface area contributed by atoms with Crippen molar-refractivity contribution in [1.29, 1.82) is 0 Å². The standard InChI is InChI=1S/C19H20Cl2N4/c1-19(22)5-7-25(8-6-19)12-9-16-18(24-10-12)14(11-23-16)13-3-2-4-15(20)17(13)21/h2-4,9-11,23H,5-8,22H2,1H3. The van der Waals surface area contributed by atoms with Gasteiger partial charge in [-0.2, -0.15) is 0 Å². The van der Waals surface area contributed by atoms with Crippen molar-refractivity contribution >= 4 is 39.9 Å². The highest BCUT2D eigenvalue weighted by molar-refractivity contribution is 6.43. The zero-order valence-electron chi connectivity index (χ0n) is 14.0. The van der Waals surface area contributed by atoms with Gasteiger partial charge in [-0.3, -0.25) is 4.98 Å². The van der Waals surface area contributed by atoms with E-state index in [9.17, 15) is 0 Å². The molecule has 2 aromatic heterocycles. The third-order valence-corrected chi connectivity index (χ3v) is 5.83. The molecule has 0 unspecified atom stereocenters. The van der Waals surface area contributed by atoms with E-state index in [2.05, 4.69) is 22.9 Å². The second-order valence-electron chi connectivity index (χ2n) is 7.03. The number of aromatic amines is 1. The number of aromatic nitrogens is 2. The normalized spacial score (nSPS) is 17.2. The number of nitrogens with two attached hydrogens (primary N) is 1. The molecule has 1 fully saturated rings. The van der Waals surface area contributed by atoms with Gasteiger partial charge in [0.2, 0.25) is 0 Å². The summed E-state index contributed by atoms with van der Waals surface area (Å²) < 4.78 is 0. The maximum atomic E-state index is 6.37. The summed E-state index contributed by atoms with van der Waals surface area (Å²) in [5, 5.41) is 1.09. The molecule has 3 N–H and O–H groups in total. The Labute approximate surface area is 156 Å². The first-order valence-corrected chi connectivity index (χ1v) is 9.15. The van der Waals surface area contributed by atoms with Crippen LogP contribution in [0.25, 0.3) is 22.2 Å². The Hall–Kier alpha value is -1.75. The summed E-state index contributed by atoms with van der Waals surface area (Å²) >= 11 is 12.5. The van der Waals surface area contributed by atoms with Gasteiger partial charge in [0.05, 0.1) is 33.0 Å². The minimum atomic E-state index is -0.0586. The minimum absolute atomic E-state index is 0.0586. The first-order valence-electron chi connectivity index (χ1n) is 8.40. The summed E-state index contributed by atoms with van der Waals surface area (Å²) in [4.78, 5) is 10.3. The predicted molar refractivity (Wildman–Crippen MR) is 106 cm³/mol. The molecule has 0 atom stereocenters. The third-order valence-electron chi connectivity index (χ3n) is 5.01. The number of H-pyrrole nitrogens is 1. The van der Waals surface area contributed by atoms with Crippen LogP contribution in [0, 0.1) is 0 Å². The van der Waals surface area contributed by atoms with Gasteiger partial charge in [-0.15, -0.1) is 0 Å². The maximum absolute atomic E-state index is 6.37. The van der Waals surface area contributed by atoms with Crippen molar-refractivity contribution in [3.63, 3.8) is 0 Å². The molecule has 4 nitrogen and oxygen atoms in total. The Morgan fingerprint density at radius 2 is 1.96 bits per heavy atom. The average Bonchev–Trinajstić information content (AvgIpc) is 3.00. The Morgan fingerprint density at radius 3 is 2.72 bits per heavy atom. The lowest BCUT2D eigenvalue weighted by Crippen LogP contribution is -2.48. The summed E-state index contributed by atoms with van der Waals surface area (Å²) in [7, 11) is 0. The van der Waals surface area contributed by atoms with Crippen molar-refractivity contribution in [2.45, 2.75) is 25.3 Å². The summed E-state index contributed by atoms with van der Waals surface area (Å²) in [6.45, 7) is 4.03. The van der Waals surface area contributed by atoms with Gasteiger partial charge in [0.1, 0.15) is 0 Å². The smallest absolute Gasteiger partial charge is 0.0959 e. The second-order valence-corrected chi connectivity index (χ2v) is 7.82. The van der Waals surface area contributed by atoms with Crippen LogP contribution >= 0.6 is 23.2 Å². The molecule has 1 aromatic carbocycles. The highest BCUT2D eigenvalue weighted by Crippen LogP contribution is 2.37. The van der Waals surface area contributed by atoms with Crippen LogP contribution in [0.4, 0.5) is 5.69 Å². The topological polar surface area (TPSA) is 57.9 Å². The van der Waals surface area contributed by atoms with Crippen molar-refractivity contribution in [2.24, 2.45) is 5.73 Å². The van der Waals surface area contributed by atoms with Crippen LogP contribution in [-0.2, 0) is 0 Å². The van der Waals surface area contributed by atoms with Gasteiger partial charge in [-0.05, 0) is 31.9 Å². The van der Waals surface area contributed by atoms with Crippen LogP contribution in [0.2, 0.25) is 10.0 Å². The molecule has 0 aliphatic carbocycles. The summed E-state index contributed by atoms with van der Waals surface area (Å²) in [6.07, 6.45) is 5.84. The average molecular weight is 375 g/mol. The van der Waals surface area contributed by atoms with Gasteiger partial charge in [-0.25, -0.2) is 0 Å². The van der Waals surface area contributed by atoms with Crippen LogP contribution in [-0.4, -0.2) is 28.6 Å². The number of anilines is 1. The van der Waals surface area contributed by atoms with E-state index in [1.54, 1.807) is 6.07 Å². The first-order chi connectivity index (χ1) is 11.9. The van der Waals surface area contributed by atoms with Crippen molar-refractivity contribution in [3.05, 3.63) is 46.7 Å². The number of rotatable bonds is 2. The number of piperidine rings is 1. The molecule has 1 aliphatic rings. The van der Waals surface area contributed by atoms with Gasteiger partial charge in [0, 0.05) is 36.0 Å². The minimum Gasteiger partial charge on any atom is -0.370 e. The van der Waals surface area contributed by atoms with Gasteiger partial charge in [-0.1, -0.05) is 35.3 Å². The summed E-state index contributed by atoms with van der Waals surface area (Å²) in [6, 6.07) is 7.78. The molecule has 0 amide bonds. The van der Waals surface area contributed by atoms with E-state index in [-0.39, 0.29) is 5.54 Å². The van der Waals surface area contributed by atoms with Gasteiger partial charge in [0.25, 0.3) is 0 Å². The zero-order valence-corrected chi connectivity index (χ0v) is 15.5. The van der Waals surface area contributed by atoms with Crippen molar-refractivity contribution in [2.75, 3.05) is 18.0 Å². The van der Waals surface area contributed by atoms with E-state index < -0.39 is 0 Å². The van der Waals surface area contributed by atoms with Crippen LogP contribution in [0.3, 0.4) is 0 Å². The molecule has 3 aromatic rings. The third kappa shape index (κ3) is 3.10. The Kier molecular flexibility index (Phi) is 4.14. The van der Waals surface area contributed by atoms with Crippen molar-refractivity contribution < 1.29 is 0 Å².